The molecule has 1 heterocycles. The van der Waals surface area contributed by atoms with E-state index in [2.05, 4.69) is 63.3 Å². The van der Waals surface area contributed by atoms with E-state index in [0.29, 0.717) is 5.92 Å². The van der Waals surface area contributed by atoms with Crippen LogP contribution in [0.15, 0.2) is 53.4 Å². The molecule has 26 heavy (non-hydrogen) atoms. The van der Waals surface area contributed by atoms with Gasteiger partial charge in [-0.15, -0.1) is 11.8 Å². The molecule has 1 N–H and O–H groups in total. The fraction of sp³-hybridized carbons (Fsp3) is 0.381. The van der Waals surface area contributed by atoms with Crippen molar-refractivity contribution in [2.75, 3.05) is 25.9 Å². The van der Waals surface area contributed by atoms with E-state index in [1.54, 1.807) is 0 Å². The predicted octanol–water partition coefficient (Wildman–Crippen LogP) is 4.66. The summed E-state index contributed by atoms with van der Waals surface area (Å²) in [4.78, 5) is 16.3. The molecule has 0 radical (unpaired) electrons. The van der Waals surface area contributed by atoms with Crippen molar-refractivity contribution in [1.82, 2.24) is 10.2 Å². The number of nitrogens with one attached hydrogen (secondary N) is 1. The SMILES string of the molecule is CSc1ccccc1CN1CCC(CNC(=O)c2ccccc2I)CC1. The van der Waals surface area contributed by atoms with Crippen LogP contribution < -0.4 is 5.32 Å². The van der Waals surface area contributed by atoms with Crippen molar-refractivity contribution in [2.24, 2.45) is 5.92 Å². The minimum Gasteiger partial charge on any atom is -0.352 e. The van der Waals surface area contributed by atoms with Gasteiger partial charge in [-0.05, 0) is 84.5 Å². The van der Waals surface area contributed by atoms with Gasteiger partial charge < -0.3 is 5.32 Å². The van der Waals surface area contributed by atoms with Gasteiger partial charge in [0.2, 0.25) is 0 Å². The average Bonchev–Trinajstić information content (AvgIpc) is 2.68. The molecule has 1 aliphatic heterocycles. The van der Waals surface area contributed by atoms with Gasteiger partial charge in [0.15, 0.2) is 0 Å². The Bertz CT molecular complexity index is 744. The molecule has 2 aromatic rings. The Morgan fingerprint density at radius 1 is 1.15 bits per heavy atom. The number of likely N-dealkylation sites (tertiary alicyclic amines) is 1. The molecular formula is C21H25IN2OS. The maximum Gasteiger partial charge on any atom is 0.252 e. The summed E-state index contributed by atoms with van der Waals surface area (Å²) in [5, 5.41) is 3.13. The van der Waals surface area contributed by atoms with Gasteiger partial charge in [0, 0.05) is 21.6 Å². The highest BCUT2D eigenvalue weighted by Crippen LogP contribution is 2.24. The Kier molecular flexibility index (Phi) is 7.40. The molecule has 0 atom stereocenters. The van der Waals surface area contributed by atoms with Crippen molar-refractivity contribution in [2.45, 2.75) is 24.3 Å². The van der Waals surface area contributed by atoms with Gasteiger partial charge >= 0.3 is 0 Å². The summed E-state index contributed by atoms with van der Waals surface area (Å²) >= 11 is 4.04. The van der Waals surface area contributed by atoms with Gasteiger partial charge in [-0.25, -0.2) is 0 Å². The fourth-order valence-corrected chi connectivity index (χ4v) is 4.64. The number of nitrogens with zero attached hydrogens (tertiary/aromatic N) is 1. The molecule has 0 saturated carbocycles. The normalized spacial score (nSPS) is 15.8. The first kappa shape index (κ1) is 19.7. The lowest BCUT2D eigenvalue weighted by Crippen LogP contribution is -2.38. The predicted molar refractivity (Wildman–Crippen MR) is 118 cm³/mol. The van der Waals surface area contributed by atoms with E-state index in [1.807, 2.05) is 36.0 Å². The molecule has 1 fully saturated rings. The van der Waals surface area contributed by atoms with Crippen molar-refractivity contribution in [1.29, 1.82) is 0 Å². The van der Waals surface area contributed by atoms with Crippen LogP contribution in [0.25, 0.3) is 0 Å². The zero-order valence-corrected chi connectivity index (χ0v) is 18.1. The molecule has 2 aromatic carbocycles. The second-order valence-electron chi connectivity index (χ2n) is 6.72. The van der Waals surface area contributed by atoms with Crippen molar-refractivity contribution in [3.63, 3.8) is 0 Å². The molecule has 1 saturated heterocycles. The van der Waals surface area contributed by atoms with Crippen molar-refractivity contribution < 1.29 is 4.79 Å². The third-order valence-electron chi connectivity index (χ3n) is 4.96. The number of carbonyl (C=O) groups is 1. The van der Waals surface area contributed by atoms with Gasteiger partial charge in [-0.2, -0.15) is 0 Å². The Morgan fingerprint density at radius 3 is 2.58 bits per heavy atom. The first-order chi connectivity index (χ1) is 12.7. The number of rotatable bonds is 6. The summed E-state index contributed by atoms with van der Waals surface area (Å²) in [7, 11) is 0. The number of thioether (sulfide) groups is 1. The van der Waals surface area contributed by atoms with Crippen LogP contribution in [0.5, 0.6) is 0 Å². The van der Waals surface area contributed by atoms with Crippen molar-refractivity contribution in [3.8, 4) is 0 Å². The van der Waals surface area contributed by atoms with Crippen molar-refractivity contribution in [3.05, 3.63) is 63.2 Å². The third-order valence-corrected chi connectivity index (χ3v) is 6.74. The standard InChI is InChI=1S/C21H25IN2OS/c1-26-20-9-5-2-6-17(20)15-24-12-10-16(11-13-24)14-23-21(25)18-7-3-4-8-19(18)22/h2-9,16H,10-15H2,1H3,(H,23,25). The lowest BCUT2D eigenvalue weighted by atomic mass is 9.96. The summed E-state index contributed by atoms with van der Waals surface area (Å²) in [6, 6.07) is 16.4. The largest absolute Gasteiger partial charge is 0.352 e. The van der Waals surface area contributed by atoms with E-state index in [-0.39, 0.29) is 5.91 Å². The molecule has 0 aromatic heterocycles. The van der Waals surface area contributed by atoms with E-state index in [9.17, 15) is 4.79 Å². The first-order valence-electron chi connectivity index (χ1n) is 9.04. The quantitative estimate of drug-likeness (QED) is 0.483. The van der Waals surface area contributed by atoms with E-state index < -0.39 is 0 Å². The number of hydrogen-bond donors (Lipinski definition) is 1. The summed E-state index contributed by atoms with van der Waals surface area (Å²) < 4.78 is 1.00. The molecule has 3 rings (SSSR count). The third kappa shape index (κ3) is 5.24. The molecule has 0 spiro atoms. The van der Waals surface area contributed by atoms with Gasteiger partial charge in [-0.3, -0.25) is 9.69 Å². The van der Waals surface area contributed by atoms with E-state index >= 15 is 0 Å². The fourth-order valence-electron chi connectivity index (χ4n) is 3.40. The summed E-state index contributed by atoms with van der Waals surface area (Å²) in [6.45, 7) is 4.01. The first-order valence-corrected chi connectivity index (χ1v) is 11.3. The Labute approximate surface area is 174 Å². The number of hydrogen-bond acceptors (Lipinski definition) is 3. The lowest BCUT2D eigenvalue weighted by Gasteiger charge is -2.32. The second kappa shape index (κ2) is 9.76. The van der Waals surface area contributed by atoms with Gasteiger partial charge in [0.25, 0.3) is 5.91 Å². The minimum atomic E-state index is 0.0475. The van der Waals surface area contributed by atoms with Crippen LogP contribution in [0.1, 0.15) is 28.8 Å². The average molecular weight is 480 g/mol. The molecular weight excluding hydrogens is 455 g/mol. The lowest BCUT2D eigenvalue weighted by molar-refractivity contribution is 0.0934. The van der Waals surface area contributed by atoms with Gasteiger partial charge in [0.05, 0.1) is 5.56 Å². The highest BCUT2D eigenvalue weighted by Gasteiger charge is 2.21. The van der Waals surface area contributed by atoms with Crippen LogP contribution in [0.2, 0.25) is 0 Å². The number of piperidine rings is 1. The van der Waals surface area contributed by atoms with Crippen LogP contribution in [0.3, 0.4) is 0 Å². The molecule has 0 unspecified atom stereocenters. The maximum absolute atomic E-state index is 12.4. The Morgan fingerprint density at radius 2 is 1.85 bits per heavy atom. The highest BCUT2D eigenvalue weighted by molar-refractivity contribution is 14.1. The van der Waals surface area contributed by atoms with Crippen molar-refractivity contribution >= 4 is 40.3 Å². The number of benzene rings is 2. The van der Waals surface area contributed by atoms with E-state index in [0.717, 1.165) is 48.2 Å². The van der Waals surface area contributed by atoms with Gasteiger partial charge in [-0.1, -0.05) is 30.3 Å². The topological polar surface area (TPSA) is 32.3 Å². The summed E-state index contributed by atoms with van der Waals surface area (Å²) in [5.74, 6) is 0.624. The molecule has 138 valence electrons. The zero-order valence-electron chi connectivity index (χ0n) is 15.1. The monoisotopic (exact) mass is 480 g/mol. The Balaban J connectivity index is 1.45. The maximum atomic E-state index is 12.4. The molecule has 0 bridgehead atoms. The van der Waals surface area contributed by atoms with Crippen LogP contribution in [-0.4, -0.2) is 36.7 Å². The van der Waals surface area contributed by atoms with Crippen LogP contribution in [-0.2, 0) is 6.54 Å². The Hall–Kier alpha value is -1.05. The molecule has 0 aliphatic carbocycles. The summed E-state index contributed by atoms with van der Waals surface area (Å²) in [6.07, 6.45) is 4.43. The van der Waals surface area contributed by atoms with Crippen LogP contribution >= 0.6 is 34.4 Å². The van der Waals surface area contributed by atoms with E-state index in [1.165, 1.54) is 10.5 Å². The van der Waals surface area contributed by atoms with Gasteiger partial charge in [0.1, 0.15) is 0 Å². The molecule has 1 aliphatic rings. The smallest absolute Gasteiger partial charge is 0.252 e. The number of carbonyl (C=O) groups excluding carboxylic acids is 1. The summed E-state index contributed by atoms with van der Waals surface area (Å²) in [5.41, 5.74) is 2.20. The number of halogens is 1. The second-order valence-corrected chi connectivity index (χ2v) is 8.73. The van der Waals surface area contributed by atoms with E-state index in [4.69, 9.17) is 0 Å². The zero-order chi connectivity index (χ0) is 18.4. The number of amides is 1. The van der Waals surface area contributed by atoms with Crippen LogP contribution in [0.4, 0.5) is 0 Å². The highest BCUT2D eigenvalue weighted by atomic mass is 127. The molecule has 3 nitrogen and oxygen atoms in total. The molecule has 5 heteroatoms. The van der Waals surface area contributed by atoms with Crippen LogP contribution in [0, 0.1) is 9.49 Å². The molecule has 1 amide bonds. The minimum absolute atomic E-state index is 0.0475.